The van der Waals surface area contributed by atoms with Crippen molar-refractivity contribution in [2.24, 2.45) is 11.8 Å². The van der Waals surface area contributed by atoms with E-state index in [9.17, 15) is 19.6 Å². The van der Waals surface area contributed by atoms with Crippen molar-refractivity contribution in [1.82, 2.24) is 30.3 Å². The summed E-state index contributed by atoms with van der Waals surface area (Å²) in [6, 6.07) is 8.81. The van der Waals surface area contributed by atoms with Crippen molar-refractivity contribution >= 4 is 17.7 Å². The lowest BCUT2D eigenvalue weighted by Gasteiger charge is -2.40. The van der Waals surface area contributed by atoms with Gasteiger partial charge in [-0.3, -0.25) is 19.6 Å². The van der Waals surface area contributed by atoms with Crippen molar-refractivity contribution in [2.75, 3.05) is 6.54 Å². The second kappa shape index (κ2) is 15.0. The van der Waals surface area contributed by atoms with Gasteiger partial charge in [0.2, 0.25) is 5.91 Å². The Morgan fingerprint density at radius 2 is 1.81 bits per heavy atom. The van der Waals surface area contributed by atoms with E-state index in [4.69, 9.17) is 0 Å². The molecule has 10 heteroatoms. The minimum Gasteiger partial charge on any atom is -0.289 e. The standard InChI is InChI=1S/C26H40N6O4/c1-5-21(4)16-31(25(34)17-30-19-27-18-28-30)32(24(33)15-14-20(2)3)23(26(35)29-36)13-9-12-22-10-7-6-8-11-22/h6-8,10-11,18-21,23,36H,5,9,12-17H2,1-4H3,(H,29,35)/t21-,23-/m0/s1. The second-order valence-electron chi connectivity index (χ2n) is 9.62. The van der Waals surface area contributed by atoms with Gasteiger partial charge in [0.25, 0.3) is 11.8 Å². The Hall–Kier alpha value is -3.27. The molecule has 2 atom stereocenters. The van der Waals surface area contributed by atoms with E-state index in [0.717, 1.165) is 12.0 Å². The normalized spacial score (nSPS) is 12.7. The number of benzene rings is 1. The van der Waals surface area contributed by atoms with E-state index in [1.54, 1.807) is 5.48 Å². The van der Waals surface area contributed by atoms with E-state index in [0.29, 0.717) is 19.3 Å². The summed E-state index contributed by atoms with van der Waals surface area (Å²) in [7, 11) is 0. The highest BCUT2D eigenvalue weighted by Gasteiger charge is 2.37. The number of carbonyl (C=O) groups excluding carboxylic acids is 3. The number of hydrazine groups is 1. The van der Waals surface area contributed by atoms with E-state index in [1.165, 1.54) is 27.4 Å². The first-order valence-corrected chi connectivity index (χ1v) is 12.7. The molecule has 36 heavy (non-hydrogen) atoms. The first-order chi connectivity index (χ1) is 17.3. The zero-order chi connectivity index (χ0) is 26.5. The van der Waals surface area contributed by atoms with Crippen LogP contribution in [-0.2, 0) is 27.3 Å². The predicted octanol–water partition coefficient (Wildman–Crippen LogP) is 3.23. The summed E-state index contributed by atoms with van der Waals surface area (Å²) in [6.07, 6.45) is 5.91. The molecule has 198 valence electrons. The fourth-order valence-electron chi connectivity index (χ4n) is 3.86. The number of nitrogens with zero attached hydrogens (tertiary/aromatic N) is 5. The monoisotopic (exact) mass is 500 g/mol. The Labute approximate surface area is 213 Å². The molecule has 0 radical (unpaired) electrons. The fourth-order valence-corrected chi connectivity index (χ4v) is 3.86. The summed E-state index contributed by atoms with van der Waals surface area (Å²) in [6.45, 7) is 8.16. The highest BCUT2D eigenvalue weighted by atomic mass is 16.5. The summed E-state index contributed by atoms with van der Waals surface area (Å²) in [4.78, 5) is 43.9. The zero-order valence-corrected chi connectivity index (χ0v) is 21.8. The minimum atomic E-state index is -1.04. The summed E-state index contributed by atoms with van der Waals surface area (Å²) < 4.78 is 1.39. The Bertz CT molecular complexity index is 935. The highest BCUT2D eigenvalue weighted by molar-refractivity contribution is 5.89. The van der Waals surface area contributed by atoms with Gasteiger partial charge >= 0.3 is 0 Å². The molecule has 10 nitrogen and oxygen atoms in total. The van der Waals surface area contributed by atoms with Crippen molar-refractivity contribution in [3.63, 3.8) is 0 Å². The Morgan fingerprint density at radius 1 is 1.08 bits per heavy atom. The van der Waals surface area contributed by atoms with Crippen LogP contribution < -0.4 is 5.48 Å². The molecule has 2 N–H and O–H groups in total. The topological polar surface area (TPSA) is 121 Å². The number of nitrogens with one attached hydrogen (secondary N) is 1. The van der Waals surface area contributed by atoms with E-state index >= 15 is 0 Å². The van der Waals surface area contributed by atoms with E-state index in [-0.39, 0.29) is 49.6 Å². The first kappa shape index (κ1) is 29.0. The molecule has 0 aliphatic rings. The molecule has 2 rings (SSSR count). The molecule has 0 saturated carbocycles. The molecule has 2 aromatic rings. The third kappa shape index (κ3) is 9.07. The van der Waals surface area contributed by atoms with Gasteiger partial charge in [-0.1, -0.05) is 64.4 Å². The van der Waals surface area contributed by atoms with Crippen LogP contribution in [0.2, 0.25) is 0 Å². The lowest BCUT2D eigenvalue weighted by Crippen LogP contribution is -2.60. The molecule has 0 spiro atoms. The van der Waals surface area contributed by atoms with Crippen molar-refractivity contribution in [1.29, 1.82) is 0 Å². The van der Waals surface area contributed by atoms with Gasteiger partial charge in [-0.15, -0.1) is 0 Å². The molecule has 3 amide bonds. The van der Waals surface area contributed by atoms with Crippen LogP contribution in [0.15, 0.2) is 43.0 Å². The van der Waals surface area contributed by atoms with Crippen molar-refractivity contribution in [3.8, 4) is 0 Å². The maximum absolute atomic E-state index is 13.6. The summed E-state index contributed by atoms with van der Waals surface area (Å²) in [5.74, 6) is -1.08. The smallest absolute Gasteiger partial charge is 0.268 e. The van der Waals surface area contributed by atoms with Crippen LogP contribution in [0.25, 0.3) is 0 Å². The highest BCUT2D eigenvalue weighted by Crippen LogP contribution is 2.20. The average molecular weight is 501 g/mol. The van der Waals surface area contributed by atoms with Gasteiger partial charge < -0.3 is 0 Å². The molecule has 0 bridgehead atoms. The van der Waals surface area contributed by atoms with E-state index < -0.39 is 11.9 Å². The van der Waals surface area contributed by atoms with Gasteiger partial charge in [-0.25, -0.2) is 25.2 Å². The fraction of sp³-hybridized carbons (Fsp3) is 0.577. The van der Waals surface area contributed by atoms with Crippen LogP contribution in [0.1, 0.15) is 65.4 Å². The molecule has 1 aromatic carbocycles. The maximum Gasteiger partial charge on any atom is 0.268 e. The Morgan fingerprint density at radius 3 is 2.39 bits per heavy atom. The van der Waals surface area contributed by atoms with Crippen LogP contribution in [0.4, 0.5) is 0 Å². The van der Waals surface area contributed by atoms with Gasteiger partial charge in [-0.2, -0.15) is 5.10 Å². The van der Waals surface area contributed by atoms with Crippen molar-refractivity contribution in [2.45, 2.75) is 78.8 Å². The van der Waals surface area contributed by atoms with Crippen LogP contribution in [0.5, 0.6) is 0 Å². The lowest BCUT2D eigenvalue weighted by atomic mass is 10.0. The second-order valence-corrected chi connectivity index (χ2v) is 9.62. The van der Waals surface area contributed by atoms with Crippen LogP contribution in [-0.4, -0.2) is 60.3 Å². The number of carbonyl (C=O) groups is 3. The molecular formula is C26H40N6O4. The Kier molecular flexibility index (Phi) is 12.0. The molecule has 0 unspecified atom stereocenters. The quantitative estimate of drug-likeness (QED) is 0.303. The van der Waals surface area contributed by atoms with Crippen molar-refractivity contribution in [3.05, 3.63) is 48.5 Å². The molecule has 0 aliphatic heterocycles. The van der Waals surface area contributed by atoms with Gasteiger partial charge in [0, 0.05) is 13.0 Å². The number of aryl methyl sites for hydroxylation is 1. The minimum absolute atomic E-state index is 0.0762. The van der Waals surface area contributed by atoms with Crippen LogP contribution in [0.3, 0.4) is 0 Å². The molecule has 0 saturated heterocycles. The summed E-state index contributed by atoms with van der Waals surface area (Å²) in [5, 5.41) is 16.2. The van der Waals surface area contributed by atoms with Gasteiger partial charge in [0.15, 0.2) is 0 Å². The number of hydrogen-bond donors (Lipinski definition) is 2. The van der Waals surface area contributed by atoms with Gasteiger partial charge in [0.1, 0.15) is 25.2 Å². The van der Waals surface area contributed by atoms with Gasteiger partial charge in [0.05, 0.1) is 0 Å². The average Bonchev–Trinajstić information content (AvgIpc) is 3.38. The first-order valence-electron chi connectivity index (χ1n) is 12.7. The molecule has 0 aliphatic carbocycles. The van der Waals surface area contributed by atoms with Crippen LogP contribution in [0, 0.1) is 11.8 Å². The van der Waals surface area contributed by atoms with E-state index in [1.807, 2.05) is 58.0 Å². The van der Waals surface area contributed by atoms with E-state index in [2.05, 4.69) is 10.1 Å². The summed E-state index contributed by atoms with van der Waals surface area (Å²) in [5.41, 5.74) is 2.83. The predicted molar refractivity (Wildman–Crippen MR) is 135 cm³/mol. The summed E-state index contributed by atoms with van der Waals surface area (Å²) >= 11 is 0. The molecule has 0 fully saturated rings. The zero-order valence-electron chi connectivity index (χ0n) is 21.8. The molecule has 1 aromatic heterocycles. The third-order valence-corrected chi connectivity index (χ3v) is 6.18. The number of amides is 3. The molecule has 1 heterocycles. The maximum atomic E-state index is 13.6. The number of hydrogen-bond acceptors (Lipinski definition) is 6. The number of aromatic nitrogens is 3. The largest absolute Gasteiger partial charge is 0.289 e. The SMILES string of the molecule is CC[C@H](C)CN(C(=O)Cn1cncn1)N(C(=O)CCC(C)C)[C@@H](CCCc1ccccc1)C(=O)NO. The molecular weight excluding hydrogens is 460 g/mol. The lowest BCUT2D eigenvalue weighted by molar-refractivity contribution is -0.176. The number of hydroxylamine groups is 1. The third-order valence-electron chi connectivity index (χ3n) is 6.18. The van der Waals surface area contributed by atoms with Crippen LogP contribution >= 0.6 is 0 Å². The Balaban J connectivity index is 2.39. The van der Waals surface area contributed by atoms with Crippen molar-refractivity contribution < 1.29 is 19.6 Å². The number of rotatable bonds is 14. The van der Waals surface area contributed by atoms with Gasteiger partial charge in [-0.05, 0) is 43.1 Å².